The third-order valence-corrected chi connectivity index (χ3v) is 10.2. The van der Waals surface area contributed by atoms with Gasteiger partial charge in [-0.3, -0.25) is 0 Å². The van der Waals surface area contributed by atoms with Crippen molar-refractivity contribution in [1.82, 2.24) is 0 Å². The van der Waals surface area contributed by atoms with Gasteiger partial charge in [-0.2, -0.15) is 0 Å². The van der Waals surface area contributed by atoms with E-state index in [0.29, 0.717) is 0 Å². The fourth-order valence-electron chi connectivity index (χ4n) is 7.11. The average Bonchev–Trinajstić information content (AvgIpc) is 3.53. The molecule has 0 spiro atoms. The quantitative estimate of drug-likeness (QED) is 0.210. The highest BCUT2D eigenvalue weighted by Gasteiger charge is 2.40. The molecule has 2 heterocycles. The summed E-state index contributed by atoms with van der Waals surface area (Å²) in [4.78, 5) is 5.05. The van der Waals surface area contributed by atoms with Crippen molar-refractivity contribution < 1.29 is 4.42 Å². The molecule has 0 radical (unpaired) electrons. The number of hydrogen-bond acceptors (Lipinski definition) is 3. The fourth-order valence-corrected chi connectivity index (χ4v) is 8.45. The molecule has 0 saturated heterocycles. The van der Waals surface area contributed by atoms with Gasteiger partial charge in [-0.05, 0) is 64.2 Å². The second-order valence-corrected chi connectivity index (χ2v) is 12.8. The van der Waals surface area contributed by atoms with Crippen LogP contribution in [0.1, 0.15) is 25.0 Å². The molecule has 0 bridgehead atoms. The number of furan rings is 1. The van der Waals surface area contributed by atoms with Crippen LogP contribution in [0.25, 0.3) is 44.2 Å². The lowest BCUT2D eigenvalue weighted by Crippen LogP contribution is -2.20. The number of fused-ring (bicyclic) bond motifs is 9. The predicted molar refractivity (Wildman–Crippen MR) is 176 cm³/mol. The number of para-hydroxylation sites is 3. The standard InChI is InChI=1S/C39H27NOS/c1-39(2)31-17-8-6-13-27(31)29-20-21-32-38(36(29)39)42-35-22-19-24(23-33(35)40(32)25-11-4-3-5-12-25)26-15-10-16-30-28-14-7-9-18-34(28)41-37(26)30/h3-23H,1-2H3. The molecule has 2 aliphatic rings. The van der Waals surface area contributed by atoms with Crippen molar-refractivity contribution in [2.24, 2.45) is 0 Å². The van der Waals surface area contributed by atoms with Gasteiger partial charge in [0, 0.05) is 37.2 Å². The molecule has 0 unspecified atom stereocenters. The van der Waals surface area contributed by atoms with E-state index in [2.05, 4.69) is 140 Å². The summed E-state index contributed by atoms with van der Waals surface area (Å²) in [5.74, 6) is 0. The summed E-state index contributed by atoms with van der Waals surface area (Å²) in [5, 5.41) is 2.30. The molecule has 1 aliphatic heterocycles. The molecular weight excluding hydrogens is 531 g/mol. The van der Waals surface area contributed by atoms with Crippen molar-refractivity contribution in [2.75, 3.05) is 4.90 Å². The molecule has 0 atom stereocenters. The summed E-state index contributed by atoms with van der Waals surface area (Å²) >= 11 is 1.91. The highest BCUT2D eigenvalue weighted by Crippen LogP contribution is 2.60. The first kappa shape index (κ1) is 23.9. The molecule has 42 heavy (non-hydrogen) atoms. The predicted octanol–water partition coefficient (Wildman–Crippen LogP) is 11.5. The molecule has 0 amide bonds. The Hall–Kier alpha value is -4.73. The summed E-state index contributed by atoms with van der Waals surface area (Å²) in [6.45, 7) is 4.75. The Morgan fingerprint density at radius 3 is 2.29 bits per heavy atom. The molecule has 0 fully saturated rings. The van der Waals surface area contributed by atoms with Crippen LogP contribution in [0.5, 0.6) is 0 Å². The Morgan fingerprint density at radius 2 is 1.38 bits per heavy atom. The Kier molecular flexibility index (Phi) is 4.92. The lowest BCUT2D eigenvalue weighted by molar-refractivity contribution is 0.647. The SMILES string of the molecule is CC1(C)c2ccccc2-c2ccc3c(c21)Sc1ccc(-c2cccc4c2oc2ccccc24)cc1N3c1ccccc1. The van der Waals surface area contributed by atoms with Gasteiger partial charge in [-0.25, -0.2) is 0 Å². The van der Waals surface area contributed by atoms with Crippen molar-refractivity contribution in [2.45, 2.75) is 29.1 Å². The van der Waals surface area contributed by atoms with Gasteiger partial charge in [0.1, 0.15) is 11.2 Å². The number of hydrogen-bond donors (Lipinski definition) is 0. The van der Waals surface area contributed by atoms with Gasteiger partial charge < -0.3 is 9.32 Å². The van der Waals surface area contributed by atoms with E-state index in [1.54, 1.807) is 0 Å². The summed E-state index contributed by atoms with van der Waals surface area (Å²) in [6, 6.07) is 46.0. The fraction of sp³-hybridized carbons (Fsp3) is 0.0769. The summed E-state index contributed by atoms with van der Waals surface area (Å²) in [7, 11) is 0. The maximum atomic E-state index is 6.44. The molecule has 3 heteroatoms. The minimum Gasteiger partial charge on any atom is -0.455 e. The molecule has 7 aromatic rings. The molecule has 1 aromatic heterocycles. The van der Waals surface area contributed by atoms with E-state index in [0.717, 1.165) is 38.8 Å². The van der Waals surface area contributed by atoms with E-state index in [1.807, 2.05) is 17.8 Å². The molecule has 6 aromatic carbocycles. The zero-order valence-corrected chi connectivity index (χ0v) is 24.2. The van der Waals surface area contributed by atoms with E-state index < -0.39 is 0 Å². The molecule has 2 nitrogen and oxygen atoms in total. The average molecular weight is 558 g/mol. The number of nitrogens with zero attached hydrogens (tertiary/aromatic N) is 1. The smallest absolute Gasteiger partial charge is 0.143 e. The van der Waals surface area contributed by atoms with Gasteiger partial charge in [-0.1, -0.05) is 117 Å². The van der Waals surface area contributed by atoms with Crippen molar-refractivity contribution in [3.05, 3.63) is 139 Å². The van der Waals surface area contributed by atoms with Gasteiger partial charge in [0.2, 0.25) is 0 Å². The van der Waals surface area contributed by atoms with Crippen LogP contribution < -0.4 is 4.90 Å². The lowest BCUT2D eigenvalue weighted by Gasteiger charge is -2.36. The van der Waals surface area contributed by atoms with Crippen LogP contribution >= 0.6 is 11.8 Å². The summed E-state index contributed by atoms with van der Waals surface area (Å²) < 4.78 is 6.44. The monoisotopic (exact) mass is 557 g/mol. The van der Waals surface area contributed by atoms with Crippen molar-refractivity contribution in [1.29, 1.82) is 0 Å². The summed E-state index contributed by atoms with van der Waals surface area (Å²) in [5.41, 5.74) is 13.2. The minimum absolute atomic E-state index is 0.0823. The van der Waals surface area contributed by atoms with Gasteiger partial charge in [0.15, 0.2) is 0 Å². The molecular formula is C39H27NOS. The van der Waals surface area contributed by atoms with Crippen molar-refractivity contribution in [3.8, 4) is 22.3 Å². The van der Waals surface area contributed by atoms with Crippen LogP contribution in [0.4, 0.5) is 17.1 Å². The first-order valence-corrected chi connectivity index (χ1v) is 15.3. The molecule has 9 rings (SSSR count). The van der Waals surface area contributed by atoms with Crippen LogP contribution in [0.2, 0.25) is 0 Å². The third kappa shape index (κ3) is 3.23. The number of benzene rings is 6. The number of anilines is 3. The Bertz CT molecular complexity index is 2210. The zero-order valence-electron chi connectivity index (χ0n) is 23.4. The van der Waals surface area contributed by atoms with Crippen LogP contribution in [0, 0.1) is 0 Å². The van der Waals surface area contributed by atoms with Crippen molar-refractivity contribution in [3.63, 3.8) is 0 Å². The Morgan fingerprint density at radius 1 is 0.619 bits per heavy atom. The van der Waals surface area contributed by atoms with Crippen molar-refractivity contribution >= 4 is 50.8 Å². The third-order valence-electron chi connectivity index (χ3n) is 9.03. The van der Waals surface area contributed by atoms with Crippen LogP contribution in [0.3, 0.4) is 0 Å². The van der Waals surface area contributed by atoms with Gasteiger partial charge >= 0.3 is 0 Å². The van der Waals surface area contributed by atoms with E-state index >= 15 is 0 Å². The van der Waals surface area contributed by atoms with Crippen LogP contribution in [0.15, 0.2) is 142 Å². The van der Waals surface area contributed by atoms with Gasteiger partial charge in [0.05, 0.1) is 11.4 Å². The molecule has 0 saturated carbocycles. The van der Waals surface area contributed by atoms with E-state index in [-0.39, 0.29) is 5.41 Å². The Balaban J connectivity index is 1.27. The van der Waals surface area contributed by atoms with Gasteiger partial charge in [-0.15, -0.1) is 0 Å². The maximum Gasteiger partial charge on any atom is 0.143 e. The number of rotatable bonds is 2. The maximum absolute atomic E-state index is 6.44. The zero-order chi connectivity index (χ0) is 28.0. The van der Waals surface area contributed by atoms with Gasteiger partial charge in [0.25, 0.3) is 0 Å². The van der Waals surface area contributed by atoms with E-state index in [9.17, 15) is 0 Å². The van der Waals surface area contributed by atoms with E-state index in [1.165, 1.54) is 43.4 Å². The van der Waals surface area contributed by atoms with Crippen LogP contribution in [-0.2, 0) is 5.41 Å². The Labute approximate surface area is 249 Å². The lowest BCUT2D eigenvalue weighted by atomic mass is 9.82. The minimum atomic E-state index is -0.0823. The first-order chi connectivity index (χ1) is 20.6. The summed E-state index contributed by atoms with van der Waals surface area (Å²) in [6.07, 6.45) is 0. The highest BCUT2D eigenvalue weighted by atomic mass is 32.2. The first-order valence-electron chi connectivity index (χ1n) is 14.4. The second kappa shape index (κ2) is 8.64. The normalized spacial score (nSPS) is 14.5. The molecule has 200 valence electrons. The topological polar surface area (TPSA) is 16.4 Å². The molecule has 1 aliphatic carbocycles. The molecule has 0 N–H and O–H groups in total. The highest BCUT2D eigenvalue weighted by molar-refractivity contribution is 7.99. The largest absolute Gasteiger partial charge is 0.455 e. The van der Waals surface area contributed by atoms with Crippen LogP contribution in [-0.4, -0.2) is 0 Å². The van der Waals surface area contributed by atoms with E-state index in [4.69, 9.17) is 4.42 Å². The second-order valence-electron chi connectivity index (χ2n) is 11.7.